The maximum absolute atomic E-state index is 13.9. The Morgan fingerprint density at radius 3 is 2.54 bits per heavy atom. The Bertz CT molecular complexity index is 851. The monoisotopic (exact) mass is 378 g/mol. The molecule has 3 rings (SSSR count). The fourth-order valence-electron chi connectivity index (χ4n) is 2.67. The highest BCUT2D eigenvalue weighted by atomic mass is 32.1. The average molecular weight is 378 g/mol. The predicted octanol–water partition coefficient (Wildman–Crippen LogP) is 1.48. The number of benzene rings is 1. The first-order chi connectivity index (χ1) is 12.4. The molecule has 0 bridgehead atoms. The van der Waals surface area contributed by atoms with Crippen molar-refractivity contribution < 1.29 is 18.8 Å². The molecule has 1 aromatic carbocycles. The molecule has 1 aliphatic heterocycles. The van der Waals surface area contributed by atoms with Gasteiger partial charge in [0.15, 0.2) is 5.13 Å². The molecule has 0 unspecified atom stereocenters. The number of thiazole rings is 1. The summed E-state index contributed by atoms with van der Waals surface area (Å²) in [6.07, 6.45) is 0.270. The maximum Gasteiger partial charge on any atom is 0.248 e. The zero-order valence-corrected chi connectivity index (χ0v) is 15.4. The molecule has 138 valence electrons. The van der Waals surface area contributed by atoms with Gasteiger partial charge >= 0.3 is 0 Å². The molecule has 0 atom stereocenters. The van der Waals surface area contributed by atoms with Gasteiger partial charge in [0.05, 0.1) is 4.70 Å². The number of nitrogens with zero attached hydrogens (tertiary/aromatic N) is 4. The third-order valence-electron chi connectivity index (χ3n) is 4.11. The van der Waals surface area contributed by atoms with Crippen molar-refractivity contribution in [3.63, 3.8) is 0 Å². The highest BCUT2D eigenvalue weighted by Crippen LogP contribution is 2.30. The van der Waals surface area contributed by atoms with Crippen molar-refractivity contribution >= 4 is 44.4 Å². The number of carbonyl (C=O) groups excluding carboxylic acids is 3. The van der Waals surface area contributed by atoms with Crippen LogP contribution in [0.15, 0.2) is 18.2 Å². The fraction of sp³-hybridized carbons (Fsp3) is 0.412. The van der Waals surface area contributed by atoms with Gasteiger partial charge in [-0.3, -0.25) is 24.2 Å². The van der Waals surface area contributed by atoms with E-state index in [0.717, 1.165) is 4.90 Å². The lowest BCUT2D eigenvalue weighted by Crippen LogP contribution is -2.44. The van der Waals surface area contributed by atoms with Gasteiger partial charge in [0, 0.05) is 25.9 Å². The minimum Gasteiger partial charge on any atom is -0.308 e. The molecule has 0 N–H and O–H groups in total. The van der Waals surface area contributed by atoms with E-state index >= 15 is 0 Å². The van der Waals surface area contributed by atoms with E-state index in [1.54, 1.807) is 12.1 Å². The molecule has 0 radical (unpaired) electrons. The molecule has 0 saturated carbocycles. The molecule has 3 amide bonds. The second-order valence-electron chi connectivity index (χ2n) is 6.31. The van der Waals surface area contributed by atoms with Gasteiger partial charge in [0.1, 0.15) is 17.9 Å². The van der Waals surface area contributed by atoms with E-state index < -0.39 is 11.7 Å². The number of hydrogen-bond donors (Lipinski definition) is 0. The third kappa shape index (κ3) is 3.73. The summed E-state index contributed by atoms with van der Waals surface area (Å²) in [4.78, 5) is 45.0. The second-order valence-corrected chi connectivity index (χ2v) is 7.31. The van der Waals surface area contributed by atoms with Crippen molar-refractivity contribution in [2.75, 3.05) is 38.6 Å². The zero-order valence-electron chi connectivity index (χ0n) is 14.6. The van der Waals surface area contributed by atoms with Crippen molar-refractivity contribution in [2.45, 2.75) is 12.8 Å². The van der Waals surface area contributed by atoms with Gasteiger partial charge in [0.2, 0.25) is 17.7 Å². The lowest BCUT2D eigenvalue weighted by atomic mass is 10.3. The minimum absolute atomic E-state index is 0.135. The number of aromatic nitrogens is 1. The Labute approximate surface area is 154 Å². The standard InChI is InChI=1S/C17H19FN4O3S/c1-20(2)8-9-21(15(25)10-22-13(23)6-7-14(22)24)17-19-16-11(18)4-3-5-12(16)26-17/h3-5H,6-10H2,1-2H3. The van der Waals surface area contributed by atoms with Crippen LogP contribution in [0.25, 0.3) is 10.2 Å². The maximum atomic E-state index is 13.9. The number of fused-ring (bicyclic) bond motifs is 1. The van der Waals surface area contributed by atoms with Crippen LogP contribution in [0.2, 0.25) is 0 Å². The number of likely N-dealkylation sites (N-methyl/N-ethyl adjacent to an activating group) is 1. The van der Waals surface area contributed by atoms with Crippen molar-refractivity contribution in [3.05, 3.63) is 24.0 Å². The molecular formula is C17H19FN4O3S. The van der Waals surface area contributed by atoms with E-state index in [9.17, 15) is 18.8 Å². The summed E-state index contributed by atoms with van der Waals surface area (Å²) in [5.41, 5.74) is 0.212. The summed E-state index contributed by atoms with van der Waals surface area (Å²) in [5, 5.41) is 0.357. The summed E-state index contributed by atoms with van der Waals surface area (Å²) in [6, 6.07) is 4.65. The number of likely N-dealkylation sites (tertiary alicyclic amines) is 1. The molecule has 1 fully saturated rings. The van der Waals surface area contributed by atoms with Gasteiger partial charge in [-0.2, -0.15) is 0 Å². The van der Waals surface area contributed by atoms with Crippen LogP contribution in [0.4, 0.5) is 9.52 Å². The van der Waals surface area contributed by atoms with Crippen LogP contribution in [0.1, 0.15) is 12.8 Å². The van der Waals surface area contributed by atoms with Crippen LogP contribution in [0.5, 0.6) is 0 Å². The van der Waals surface area contributed by atoms with Crippen LogP contribution in [-0.4, -0.2) is 66.2 Å². The lowest BCUT2D eigenvalue weighted by molar-refractivity contribution is -0.141. The van der Waals surface area contributed by atoms with Crippen LogP contribution in [-0.2, 0) is 14.4 Å². The van der Waals surface area contributed by atoms with Crippen molar-refractivity contribution in [1.82, 2.24) is 14.8 Å². The molecule has 9 heteroatoms. The zero-order chi connectivity index (χ0) is 18.8. The molecule has 26 heavy (non-hydrogen) atoms. The minimum atomic E-state index is -0.449. The number of carbonyl (C=O) groups is 3. The molecule has 1 aliphatic rings. The van der Waals surface area contributed by atoms with Gasteiger partial charge in [-0.1, -0.05) is 17.4 Å². The molecule has 2 aromatic rings. The SMILES string of the molecule is CN(C)CCN(C(=O)CN1C(=O)CCC1=O)c1nc2c(F)cccc2s1. The first kappa shape index (κ1) is 18.4. The first-order valence-corrected chi connectivity index (χ1v) is 9.02. The van der Waals surface area contributed by atoms with E-state index in [1.807, 2.05) is 19.0 Å². The Morgan fingerprint density at radius 1 is 1.23 bits per heavy atom. The van der Waals surface area contributed by atoms with Crippen LogP contribution >= 0.6 is 11.3 Å². The molecule has 1 saturated heterocycles. The number of hydrogen-bond acceptors (Lipinski definition) is 6. The largest absolute Gasteiger partial charge is 0.308 e. The number of halogens is 1. The van der Waals surface area contributed by atoms with E-state index in [4.69, 9.17) is 0 Å². The quantitative estimate of drug-likeness (QED) is 0.712. The Kier molecular flexibility index (Phi) is 5.28. The summed E-state index contributed by atoms with van der Waals surface area (Å²) in [6.45, 7) is 0.568. The first-order valence-electron chi connectivity index (χ1n) is 8.20. The summed E-state index contributed by atoms with van der Waals surface area (Å²) in [7, 11) is 3.74. The van der Waals surface area contributed by atoms with Crippen LogP contribution in [0, 0.1) is 5.82 Å². The number of anilines is 1. The Hall–Kier alpha value is -2.39. The van der Waals surface area contributed by atoms with Crippen molar-refractivity contribution in [2.24, 2.45) is 0 Å². The molecule has 0 aliphatic carbocycles. The predicted molar refractivity (Wildman–Crippen MR) is 96.4 cm³/mol. The molecule has 2 heterocycles. The van der Waals surface area contributed by atoms with E-state index in [1.165, 1.54) is 22.3 Å². The smallest absolute Gasteiger partial charge is 0.248 e. The molecule has 0 spiro atoms. The second kappa shape index (κ2) is 7.46. The normalized spacial score (nSPS) is 14.7. The van der Waals surface area contributed by atoms with Gasteiger partial charge in [0.25, 0.3) is 0 Å². The lowest BCUT2D eigenvalue weighted by Gasteiger charge is -2.24. The summed E-state index contributed by atoms with van der Waals surface area (Å²) >= 11 is 1.21. The third-order valence-corrected chi connectivity index (χ3v) is 5.15. The average Bonchev–Trinajstić information content (AvgIpc) is 3.14. The van der Waals surface area contributed by atoms with Crippen molar-refractivity contribution in [1.29, 1.82) is 0 Å². The highest BCUT2D eigenvalue weighted by molar-refractivity contribution is 7.22. The van der Waals surface area contributed by atoms with E-state index in [0.29, 0.717) is 22.9 Å². The van der Waals surface area contributed by atoms with Crippen LogP contribution in [0.3, 0.4) is 0 Å². The Balaban J connectivity index is 1.88. The van der Waals surface area contributed by atoms with E-state index in [-0.39, 0.29) is 36.7 Å². The van der Waals surface area contributed by atoms with Crippen molar-refractivity contribution in [3.8, 4) is 0 Å². The fourth-order valence-corrected chi connectivity index (χ4v) is 3.69. The van der Waals surface area contributed by atoms with E-state index in [2.05, 4.69) is 4.98 Å². The van der Waals surface area contributed by atoms with Crippen LogP contribution < -0.4 is 4.90 Å². The number of para-hydroxylation sites is 1. The van der Waals surface area contributed by atoms with Gasteiger partial charge in [-0.25, -0.2) is 9.37 Å². The topological polar surface area (TPSA) is 73.8 Å². The van der Waals surface area contributed by atoms with Gasteiger partial charge in [-0.05, 0) is 26.2 Å². The van der Waals surface area contributed by atoms with Gasteiger partial charge in [-0.15, -0.1) is 0 Å². The molecular weight excluding hydrogens is 359 g/mol. The summed E-state index contributed by atoms with van der Waals surface area (Å²) < 4.78 is 14.6. The number of amides is 3. The summed E-state index contributed by atoms with van der Waals surface area (Å²) in [5.74, 6) is -1.54. The molecule has 1 aromatic heterocycles. The molecule has 7 nitrogen and oxygen atoms in total. The highest BCUT2D eigenvalue weighted by Gasteiger charge is 2.32. The Morgan fingerprint density at radius 2 is 1.92 bits per heavy atom. The van der Waals surface area contributed by atoms with Gasteiger partial charge < -0.3 is 4.90 Å². The number of rotatable bonds is 6. The number of imide groups is 1.